The van der Waals surface area contributed by atoms with Crippen LogP contribution in [0.15, 0.2) is 48.5 Å². The minimum atomic E-state index is -0.488. The molecule has 0 unspecified atom stereocenters. The lowest BCUT2D eigenvalue weighted by Crippen LogP contribution is -2.28. The predicted molar refractivity (Wildman–Crippen MR) is 189 cm³/mol. The molecule has 0 spiro atoms. The van der Waals surface area contributed by atoms with Crippen molar-refractivity contribution >= 4 is 64.6 Å². The lowest BCUT2D eigenvalue weighted by Gasteiger charge is -2.12. The minimum absolute atomic E-state index is 0.0192. The number of carbonyl (C=O) groups excluding carboxylic acids is 4. The maximum absolute atomic E-state index is 11.6. The summed E-state index contributed by atoms with van der Waals surface area (Å²) in [5, 5.41) is 7.34. The van der Waals surface area contributed by atoms with E-state index in [0.717, 1.165) is 18.4 Å². The molecule has 2 aromatic heterocycles. The third-order valence-corrected chi connectivity index (χ3v) is 7.74. The van der Waals surface area contributed by atoms with Gasteiger partial charge in [0.15, 0.2) is 11.6 Å². The molecular weight excluding hydrogens is 723 g/mol. The number of hydrogen-bond acceptors (Lipinski definition) is 12. The summed E-state index contributed by atoms with van der Waals surface area (Å²) in [6, 6.07) is 15.7. The van der Waals surface area contributed by atoms with Crippen LogP contribution in [0.5, 0.6) is 0 Å². The third-order valence-electron chi connectivity index (χ3n) is 7.23. The number of rotatable bonds is 10. The number of hydrogen-bond donors (Lipinski definition) is 4. The quantitative estimate of drug-likeness (QED) is 0.171. The van der Waals surface area contributed by atoms with E-state index in [9.17, 15) is 19.2 Å². The van der Waals surface area contributed by atoms with Crippen molar-refractivity contribution in [1.29, 1.82) is 0 Å². The van der Waals surface area contributed by atoms with Crippen molar-refractivity contribution < 1.29 is 19.2 Å². The first kappa shape index (κ1) is 38.8. The number of nitrogens with one attached hydrogen (secondary N) is 3. The number of carbonyl (C=O) groups is 4. The fourth-order valence-electron chi connectivity index (χ4n) is 4.52. The predicted octanol–water partition coefficient (Wildman–Crippen LogP) is 3.69. The van der Waals surface area contributed by atoms with Crippen LogP contribution in [0, 0.1) is 0 Å². The molecule has 2 aliphatic heterocycles. The Bertz CT molecular complexity index is 1810. The van der Waals surface area contributed by atoms with Crippen LogP contribution in [-0.4, -0.2) is 76.7 Å². The van der Waals surface area contributed by atoms with Gasteiger partial charge in [-0.05, 0) is 69.9 Å². The Hall–Kier alpha value is -5.03. The van der Waals surface area contributed by atoms with Gasteiger partial charge in [0.05, 0.1) is 13.1 Å². The van der Waals surface area contributed by atoms with E-state index in [-0.39, 0.29) is 59.7 Å². The molecule has 19 heteroatoms. The van der Waals surface area contributed by atoms with Gasteiger partial charge in [0, 0.05) is 13.1 Å². The Morgan fingerprint density at radius 2 is 1.04 bits per heavy atom. The Kier molecular flexibility index (Phi) is 14.3. The summed E-state index contributed by atoms with van der Waals surface area (Å²) >= 11 is 17.1. The van der Waals surface area contributed by atoms with Gasteiger partial charge in [-0.3, -0.25) is 20.2 Å². The van der Waals surface area contributed by atoms with Gasteiger partial charge in [-0.2, -0.15) is 15.0 Å². The number of aryl methyl sites for hydroxylation is 2. The summed E-state index contributed by atoms with van der Waals surface area (Å²) in [5.74, 6) is 0.152. The second-order valence-corrected chi connectivity index (χ2v) is 12.0. The fraction of sp³-hybridized carbons (Fsp3) is 0.312. The zero-order valence-electron chi connectivity index (χ0n) is 27.7. The molecule has 2 aromatic carbocycles. The van der Waals surface area contributed by atoms with E-state index < -0.39 is 12.1 Å². The van der Waals surface area contributed by atoms with E-state index in [4.69, 9.17) is 40.5 Å². The van der Waals surface area contributed by atoms with Crippen molar-refractivity contribution in [2.75, 3.05) is 18.4 Å². The van der Waals surface area contributed by atoms with Crippen LogP contribution in [0.4, 0.5) is 15.5 Å². The Morgan fingerprint density at radius 3 is 1.45 bits per heavy atom. The summed E-state index contributed by atoms with van der Waals surface area (Å²) in [7, 11) is 0. The minimum Gasteiger partial charge on any atom is -0.350 e. The van der Waals surface area contributed by atoms with Gasteiger partial charge < -0.3 is 20.9 Å². The van der Waals surface area contributed by atoms with Crippen LogP contribution in [0.25, 0.3) is 0 Å². The zero-order valence-corrected chi connectivity index (χ0v) is 30.0. The van der Waals surface area contributed by atoms with Crippen LogP contribution in [0.3, 0.4) is 0 Å². The van der Waals surface area contributed by atoms with Crippen LogP contribution >= 0.6 is 34.8 Å². The summed E-state index contributed by atoms with van der Waals surface area (Å²) < 4.78 is 0. The van der Waals surface area contributed by atoms with E-state index in [2.05, 4.69) is 96.1 Å². The van der Waals surface area contributed by atoms with Gasteiger partial charge in [0.1, 0.15) is 13.1 Å². The molecule has 4 heterocycles. The van der Waals surface area contributed by atoms with Crippen LogP contribution in [0.1, 0.15) is 47.8 Å². The number of halogens is 3. The monoisotopic (exact) mass is 756 g/mol. The molecule has 6 rings (SSSR count). The lowest BCUT2D eigenvalue weighted by molar-refractivity contribution is -0.119. The Balaban J connectivity index is 0.000000191. The first-order valence-corrected chi connectivity index (χ1v) is 16.8. The Labute approximate surface area is 308 Å². The van der Waals surface area contributed by atoms with Crippen molar-refractivity contribution in [1.82, 2.24) is 50.3 Å². The maximum atomic E-state index is 11.6. The van der Waals surface area contributed by atoms with E-state index >= 15 is 0 Å². The number of imide groups is 2. The molecule has 6 amide bonds. The number of nitrogens with zero attached hydrogens (tertiary/aromatic N) is 8. The standard InChI is InChI=1S/C16H17ClN6O2.C9H13N.C7H5Cl2N5O2/c1-2-10-3-5-11(6-4-10)7-18-15-20-12(19-14(17)22-15)8-23-9-13(24)21-16(23)25;1-2-8-3-5-9(7-10)6-4-8;8-5-10-3(11-6(9)13-5)1-14-2-4(15)12-7(14)16/h3-6H,2,7-9H2,1H3,(H,21,24,25)(H,18,19,20,22);3-6H,2,7,10H2,1H3;1-2H2,(H,12,15,16). The SMILES string of the molecule is CCc1ccc(CN)cc1.CCc1ccc(CNc2nc(Cl)nc(CN3CC(=O)NC3=O)n2)cc1.O=C1CN(Cc2nc(Cl)nc(Cl)n2)C(=O)N1. The smallest absolute Gasteiger partial charge is 0.324 e. The molecule has 51 heavy (non-hydrogen) atoms. The first-order chi connectivity index (χ1) is 24.4. The van der Waals surface area contributed by atoms with Gasteiger partial charge >= 0.3 is 12.1 Å². The van der Waals surface area contributed by atoms with Crippen molar-refractivity contribution in [2.24, 2.45) is 5.73 Å². The van der Waals surface area contributed by atoms with Crippen molar-refractivity contribution in [2.45, 2.75) is 52.9 Å². The summed E-state index contributed by atoms with van der Waals surface area (Å²) in [5.41, 5.74) is 10.4. The van der Waals surface area contributed by atoms with Crippen molar-refractivity contribution in [3.63, 3.8) is 0 Å². The van der Waals surface area contributed by atoms with Gasteiger partial charge in [0.2, 0.25) is 33.6 Å². The molecule has 268 valence electrons. The number of aromatic nitrogens is 6. The molecule has 0 bridgehead atoms. The van der Waals surface area contributed by atoms with Crippen LogP contribution < -0.4 is 21.7 Å². The topological polar surface area (TPSA) is 214 Å². The van der Waals surface area contributed by atoms with Gasteiger partial charge in [0.25, 0.3) is 0 Å². The number of benzene rings is 2. The third kappa shape index (κ3) is 12.4. The van der Waals surface area contributed by atoms with Gasteiger partial charge in [-0.25, -0.2) is 24.5 Å². The molecular formula is C32H35Cl3N12O4. The van der Waals surface area contributed by atoms with Crippen molar-refractivity contribution in [3.05, 3.63) is 98.3 Å². The number of anilines is 1. The molecule has 4 aromatic rings. The molecule has 2 fully saturated rings. The first-order valence-electron chi connectivity index (χ1n) is 15.7. The van der Waals surface area contributed by atoms with Crippen LogP contribution in [0.2, 0.25) is 15.9 Å². The Morgan fingerprint density at radius 1 is 0.627 bits per heavy atom. The van der Waals surface area contributed by atoms with Crippen LogP contribution in [-0.2, 0) is 48.6 Å². The van der Waals surface area contributed by atoms with Crippen molar-refractivity contribution in [3.8, 4) is 0 Å². The molecule has 5 N–H and O–H groups in total. The van der Waals surface area contributed by atoms with E-state index in [1.165, 1.54) is 26.5 Å². The highest BCUT2D eigenvalue weighted by atomic mass is 35.5. The summed E-state index contributed by atoms with van der Waals surface area (Å²) in [6.07, 6.45) is 2.09. The highest BCUT2D eigenvalue weighted by Crippen LogP contribution is 2.13. The molecule has 0 atom stereocenters. The summed E-state index contributed by atoms with van der Waals surface area (Å²) in [4.78, 5) is 70.9. The van der Waals surface area contributed by atoms with Gasteiger partial charge in [-0.1, -0.05) is 62.4 Å². The number of amides is 6. The second kappa shape index (κ2) is 18.8. The second-order valence-electron chi connectivity index (χ2n) is 11.0. The number of urea groups is 2. The highest BCUT2D eigenvalue weighted by Gasteiger charge is 2.28. The largest absolute Gasteiger partial charge is 0.350 e. The van der Waals surface area contributed by atoms with E-state index in [1.807, 2.05) is 12.1 Å². The average Bonchev–Trinajstić information content (AvgIpc) is 3.60. The fourth-order valence-corrected chi connectivity index (χ4v) is 5.10. The van der Waals surface area contributed by atoms with E-state index in [1.54, 1.807) is 0 Å². The normalized spacial score (nSPS) is 13.6. The molecule has 0 saturated carbocycles. The van der Waals surface area contributed by atoms with E-state index in [0.29, 0.717) is 24.9 Å². The molecule has 16 nitrogen and oxygen atoms in total. The molecule has 0 aliphatic carbocycles. The summed E-state index contributed by atoms with van der Waals surface area (Å²) in [6.45, 7) is 5.53. The lowest BCUT2D eigenvalue weighted by atomic mass is 10.1. The molecule has 2 saturated heterocycles. The molecule has 2 aliphatic rings. The average molecular weight is 758 g/mol. The maximum Gasteiger partial charge on any atom is 0.324 e. The zero-order chi connectivity index (χ0) is 36.9. The molecule has 0 radical (unpaired) electrons. The van der Waals surface area contributed by atoms with Gasteiger partial charge in [-0.15, -0.1) is 0 Å². The number of nitrogens with two attached hydrogens (primary N) is 1. The highest BCUT2D eigenvalue weighted by molar-refractivity contribution is 6.31.